The van der Waals surface area contributed by atoms with E-state index < -0.39 is 11.6 Å². The molecule has 0 fully saturated rings. The number of hydrogen-bond acceptors (Lipinski definition) is 2. The van der Waals surface area contributed by atoms with Gasteiger partial charge in [-0.2, -0.15) is 4.39 Å². The summed E-state index contributed by atoms with van der Waals surface area (Å²) < 4.78 is 33.1. The van der Waals surface area contributed by atoms with Gasteiger partial charge >= 0.3 is 0 Å². The lowest BCUT2D eigenvalue weighted by Gasteiger charge is -2.12. The van der Waals surface area contributed by atoms with Gasteiger partial charge in [-0.05, 0) is 49.2 Å². The Morgan fingerprint density at radius 3 is 2.26 bits per heavy atom. The highest BCUT2D eigenvalue weighted by molar-refractivity contribution is 9.10. The summed E-state index contributed by atoms with van der Waals surface area (Å²) in [6.07, 6.45) is 0. The summed E-state index contributed by atoms with van der Waals surface area (Å²) in [6.45, 7) is 3.77. The number of nitrogen functional groups attached to an aromatic ring is 1. The van der Waals surface area contributed by atoms with E-state index in [2.05, 4.69) is 15.9 Å². The predicted molar refractivity (Wildman–Crippen MR) is 74.5 cm³/mol. The van der Waals surface area contributed by atoms with Crippen LogP contribution in [0, 0.1) is 25.5 Å². The van der Waals surface area contributed by atoms with Gasteiger partial charge in [-0.15, -0.1) is 0 Å². The molecule has 0 heterocycles. The molecule has 2 rings (SSSR count). The van der Waals surface area contributed by atoms with E-state index in [0.717, 1.165) is 21.7 Å². The van der Waals surface area contributed by atoms with Crippen LogP contribution in [-0.2, 0) is 0 Å². The predicted octanol–water partition coefficient (Wildman–Crippen LogP) is 4.72. The topological polar surface area (TPSA) is 35.2 Å². The first-order chi connectivity index (χ1) is 8.90. The Kier molecular flexibility index (Phi) is 3.75. The maximum absolute atomic E-state index is 13.6. The van der Waals surface area contributed by atoms with Crippen LogP contribution in [-0.4, -0.2) is 0 Å². The molecule has 2 nitrogen and oxygen atoms in total. The molecule has 0 amide bonds. The summed E-state index contributed by atoms with van der Waals surface area (Å²) in [5.74, 6) is -1.96. The van der Waals surface area contributed by atoms with Crippen molar-refractivity contribution in [3.8, 4) is 11.5 Å². The summed E-state index contributed by atoms with van der Waals surface area (Å²) in [6, 6.07) is 5.68. The summed E-state index contributed by atoms with van der Waals surface area (Å²) >= 11 is 3.42. The quantitative estimate of drug-likeness (QED) is 0.810. The van der Waals surface area contributed by atoms with Gasteiger partial charge in [-0.3, -0.25) is 0 Å². The molecule has 100 valence electrons. The van der Waals surface area contributed by atoms with E-state index in [4.69, 9.17) is 10.5 Å². The Balaban J connectivity index is 2.45. The number of halogens is 3. The van der Waals surface area contributed by atoms with Crippen LogP contribution in [0.15, 0.2) is 28.7 Å². The lowest BCUT2D eigenvalue weighted by molar-refractivity contribution is 0.418. The van der Waals surface area contributed by atoms with Gasteiger partial charge in [-0.1, -0.05) is 15.9 Å². The van der Waals surface area contributed by atoms with Crippen LogP contribution in [0.3, 0.4) is 0 Å². The van der Waals surface area contributed by atoms with Gasteiger partial charge in [-0.25, -0.2) is 4.39 Å². The van der Waals surface area contributed by atoms with Crippen LogP contribution < -0.4 is 10.5 Å². The summed E-state index contributed by atoms with van der Waals surface area (Å²) in [5.41, 5.74) is 7.53. The zero-order chi connectivity index (χ0) is 14.2. The van der Waals surface area contributed by atoms with Crippen LogP contribution in [0.1, 0.15) is 11.1 Å². The Bertz CT molecular complexity index is 621. The molecule has 0 aliphatic rings. The molecule has 0 aliphatic carbocycles. The van der Waals surface area contributed by atoms with Crippen molar-refractivity contribution in [2.75, 3.05) is 5.73 Å². The van der Waals surface area contributed by atoms with E-state index in [1.165, 1.54) is 6.07 Å². The Morgan fingerprint density at radius 1 is 1.11 bits per heavy atom. The van der Waals surface area contributed by atoms with Gasteiger partial charge in [0.2, 0.25) is 5.82 Å². The van der Waals surface area contributed by atoms with Crippen LogP contribution in [0.25, 0.3) is 0 Å². The van der Waals surface area contributed by atoms with Gasteiger partial charge in [0.15, 0.2) is 11.6 Å². The number of benzene rings is 2. The van der Waals surface area contributed by atoms with Gasteiger partial charge in [0.05, 0.1) is 5.69 Å². The zero-order valence-electron chi connectivity index (χ0n) is 10.4. The molecular formula is C14H12BrF2NO. The largest absolute Gasteiger partial charge is 0.452 e. The second-order valence-corrected chi connectivity index (χ2v) is 5.05. The number of rotatable bonds is 2. The van der Waals surface area contributed by atoms with Gasteiger partial charge < -0.3 is 10.5 Å². The lowest BCUT2D eigenvalue weighted by atomic mass is 10.1. The smallest absolute Gasteiger partial charge is 0.203 e. The van der Waals surface area contributed by atoms with Crippen molar-refractivity contribution >= 4 is 21.6 Å². The molecule has 5 heteroatoms. The van der Waals surface area contributed by atoms with Crippen molar-refractivity contribution in [1.82, 2.24) is 0 Å². The molecule has 2 aromatic carbocycles. The molecule has 0 radical (unpaired) electrons. The third kappa shape index (κ3) is 2.71. The van der Waals surface area contributed by atoms with Crippen LogP contribution in [0.2, 0.25) is 0 Å². The maximum atomic E-state index is 13.6. The summed E-state index contributed by atoms with van der Waals surface area (Å²) in [7, 11) is 0. The van der Waals surface area contributed by atoms with Gasteiger partial charge in [0.1, 0.15) is 5.75 Å². The Hall–Kier alpha value is -1.62. The van der Waals surface area contributed by atoms with E-state index in [1.807, 2.05) is 13.8 Å². The minimum absolute atomic E-state index is 0.0529. The third-order valence-corrected chi connectivity index (χ3v) is 3.96. The minimum atomic E-state index is -1.08. The van der Waals surface area contributed by atoms with E-state index in [-0.39, 0.29) is 11.4 Å². The second-order valence-electron chi connectivity index (χ2n) is 4.25. The molecule has 2 N–H and O–H groups in total. The molecular weight excluding hydrogens is 316 g/mol. The number of ether oxygens (including phenoxy) is 1. The van der Waals surface area contributed by atoms with Crippen LogP contribution in [0.5, 0.6) is 11.5 Å². The molecule has 0 spiro atoms. The number of aryl methyl sites for hydroxylation is 2. The van der Waals surface area contributed by atoms with Crippen LogP contribution >= 0.6 is 15.9 Å². The fraction of sp³-hybridized carbons (Fsp3) is 0.143. The summed E-state index contributed by atoms with van der Waals surface area (Å²) in [4.78, 5) is 0. The Labute approximate surface area is 118 Å². The monoisotopic (exact) mass is 327 g/mol. The standard InChI is InChI=1S/C14H12BrF2NO/c1-7-5-9(6-8(2)12(7)15)19-14-11(18)4-3-10(16)13(14)17/h3-6H,18H2,1-2H3. The fourth-order valence-corrected chi connectivity index (χ4v) is 1.96. The van der Waals surface area contributed by atoms with Gasteiger partial charge in [0.25, 0.3) is 0 Å². The first-order valence-electron chi connectivity index (χ1n) is 5.58. The average Bonchev–Trinajstić information content (AvgIpc) is 2.36. The van der Waals surface area contributed by atoms with Gasteiger partial charge in [0, 0.05) is 4.47 Å². The molecule has 0 bridgehead atoms. The van der Waals surface area contributed by atoms with E-state index >= 15 is 0 Å². The molecule has 0 unspecified atom stereocenters. The van der Waals surface area contributed by atoms with Crippen molar-refractivity contribution in [3.05, 3.63) is 51.5 Å². The SMILES string of the molecule is Cc1cc(Oc2c(N)ccc(F)c2F)cc(C)c1Br. The molecule has 0 aromatic heterocycles. The number of anilines is 1. The van der Waals surface area contributed by atoms with Crippen molar-refractivity contribution < 1.29 is 13.5 Å². The summed E-state index contributed by atoms with van der Waals surface area (Å²) in [5, 5.41) is 0. The first kappa shape index (κ1) is 13.8. The maximum Gasteiger partial charge on any atom is 0.203 e. The molecule has 0 aliphatic heterocycles. The Morgan fingerprint density at radius 2 is 1.68 bits per heavy atom. The number of hydrogen-bond donors (Lipinski definition) is 1. The van der Waals surface area contributed by atoms with Crippen molar-refractivity contribution in [1.29, 1.82) is 0 Å². The minimum Gasteiger partial charge on any atom is -0.452 e. The van der Waals surface area contributed by atoms with E-state index in [9.17, 15) is 8.78 Å². The average molecular weight is 328 g/mol. The van der Waals surface area contributed by atoms with Crippen molar-refractivity contribution in [3.63, 3.8) is 0 Å². The zero-order valence-corrected chi connectivity index (χ0v) is 12.0. The third-order valence-electron chi connectivity index (χ3n) is 2.71. The van der Waals surface area contributed by atoms with Crippen molar-refractivity contribution in [2.24, 2.45) is 0 Å². The van der Waals surface area contributed by atoms with E-state index in [1.54, 1.807) is 12.1 Å². The normalized spacial score (nSPS) is 10.6. The molecule has 0 atom stereocenters. The van der Waals surface area contributed by atoms with Crippen molar-refractivity contribution in [2.45, 2.75) is 13.8 Å². The number of nitrogens with two attached hydrogens (primary N) is 1. The fourth-order valence-electron chi connectivity index (χ4n) is 1.73. The highest BCUT2D eigenvalue weighted by Gasteiger charge is 2.15. The molecule has 2 aromatic rings. The van der Waals surface area contributed by atoms with Crippen LogP contribution in [0.4, 0.5) is 14.5 Å². The second kappa shape index (κ2) is 5.17. The first-order valence-corrected chi connectivity index (χ1v) is 6.37. The highest BCUT2D eigenvalue weighted by Crippen LogP contribution is 2.34. The molecule has 0 saturated carbocycles. The molecule has 0 saturated heterocycles. The lowest BCUT2D eigenvalue weighted by Crippen LogP contribution is -1.98. The van der Waals surface area contributed by atoms with E-state index in [0.29, 0.717) is 5.75 Å². The highest BCUT2D eigenvalue weighted by atomic mass is 79.9. The molecule has 19 heavy (non-hydrogen) atoms.